The fourth-order valence-corrected chi connectivity index (χ4v) is 2.33. The number of hydrogen-bond acceptors (Lipinski definition) is 2. The lowest BCUT2D eigenvalue weighted by Crippen LogP contribution is -2.47. The van der Waals surface area contributed by atoms with Gasteiger partial charge in [0.05, 0.1) is 5.56 Å². The van der Waals surface area contributed by atoms with Crippen LogP contribution < -0.4 is 5.73 Å². The van der Waals surface area contributed by atoms with Crippen molar-refractivity contribution < 1.29 is 18.0 Å². The first kappa shape index (κ1) is 13.1. The van der Waals surface area contributed by atoms with E-state index in [9.17, 15) is 18.0 Å². The smallest absolute Gasteiger partial charge is 0.315 e. The molecule has 0 spiro atoms. The van der Waals surface area contributed by atoms with Crippen LogP contribution in [-0.2, 0) is 16.5 Å². The van der Waals surface area contributed by atoms with Gasteiger partial charge < -0.3 is 5.73 Å². The van der Waals surface area contributed by atoms with Crippen molar-refractivity contribution in [1.29, 1.82) is 0 Å². The fourth-order valence-electron chi connectivity index (χ4n) is 2.33. The molecule has 5 heteroatoms. The van der Waals surface area contributed by atoms with E-state index in [1.165, 1.54) is 12.1 Å². The van der Waals surface area contributed by atoms with Crippen molar-refractivity contribution in [3.8, 4) is 0 Å². The van der Waals surface area contributed by atoms with Gasteiger partial charge in [0, 0.05) is 6.42 Å². The Labute approximate surface area is 103 Å². The van der Waals surface area contributed by atoms with Gasteiger partial charge in [-0.25, -0.2) is 0 Å². The molecule has 1 atom stereocenters. The second-order valence-corrected chi connectivity index (χ2v) is 4.68. The Bertz CT molecular complexity index is 470. The highest BCUT2D eigenvalue weighted by molar-refractivity contribution is 5.90. The van der Waals surface area contributed by atoms with E-state index in [0.717, 1.165) is 25.0 Å². The normalized spacial score (nSPS) is 25.2. The Morgan fingerprint density at radius 3 is 2.56 bits per heavy atom. The van der Waals surface area contributed by atoms with Gasteiger partial charge in [0.2, 0.25) is 0 Å². The van der Waals surface area contributed by atoms with Crippen LogP contribution in [0.4, 0.5) is 13.2 Å². The van der Waals surface area contributed by atoms with Gasteiger partial charge in [0.15, 0.2) is 5.78 Å². The van der Waals surface area contributed by atoms with Gasteiger partial charge in [-0.3, -0.25) is 4.79 Å². The summed E-state index contributed by atoms with van der Waals surface area (Å²) >= 11 is 0. The predicted molar refractivity (Wildman–Crippen MR) is 60.8 cm³/mol. The molecule has 2 nitrogen and oxygen atoms in total. The quantitative estimate of drug-likeness (QED) is 0.840. The average molecular weight is 257 g/mol. The molecule has 0 aromatic heterocycles. The molecule has 1 fully saturated rings. The third-order valence-electron chi connectivity index (χ3n) is 3.43. The van der Waals surface area contributed by atoms with E-state index < -0.39 is 17.3 Å². The number of alkyl halides is 3. The van der Waals surface area contributed by atoms with Gasteiger partial charge in [-0.1, -0.05) is 18.6 Å². The molecule has 0 saturated heterocycles. The van der Waals surface area contributed by atoms with Gasteiger partial charge in [-0.15, -0.1) is 0 Å². The van der Waals surface area contributed by atoms with Crippen LogP contribution in [0, 0.1) is 0 Å². The number of Topliss-reactive ketones (excluding diaryl/α,β-unsaturated/α-hetero) is 1. The zero-order chi connectivity index (χ0) is 13.4. The van der Waals surface area contributed by atoms with E-state index in [4.69, 9.17) is 5.73 Å². The zero-order valence-electron chi connectivity index (χ0n) is 9.76. The minimum Gasteiger partial charge on any atom is -0.315 e. The standard InChI is InChI=1S/C13H14F3NO/c14-13(15,16)10-5-3-4-9(8-10)12(17)7-2-1-6-11(12)18/h3-5,8H,1-2,6-7,17H2. The first-order valence-electron chi connectivity index (χ1n) is 5.84. The SMILES string of the molecule is NC1(c2cccc(C(F)(F)F)c2)CCCCC1=O. The van der Waals surface area contributed by atoms with Gasteiger partial charge in [0.1, 0.15) is 5.54 Å². The number of benzene rings is 1. The highest BCUT2D eigenvalue weighted by Gasteiger charge is 2.39. The first-order valence-corrected chi connectivity index (χ1v) is 5.84. The van der Waals surface area contributed by atoms with Crippen molar-refractivity contribution in [3.63, 3.8) is 0 Å². The maximum atomic E-state index is 12.6. The molecule has 18 heavy (non-hydrogen) atoms. The Kier molecular flexibility index (Phi) is 3.19. The van der Waals surface area contributed by atoms with Crippen LogP contribution in [0.3, 0.4) is 0 Å². The van der Waals surface area contributed by atoms with E-state index in [0.29, 0.717) is 12.8 Å². The van der Waals surface area contributed by atoms with Crippen molar-refractivity contribution in [2.24, 2.45) is 5.73 Å². The molecule has 1 aromatic carbocycles. The Hall–Kier alpha value is -1.36. The van der Waals surface area contributed by atoms with Gasteiger partial charge in [0.25, 0.3) is 0 Å². The van der Waals surface area contributed by atoms with E-state index in [2.05, 4.69) is 0 Å². The second-order valence-electron chi connectivity index (χ2n) is 4.68. The van der Waals surface area contributed by atoms with Crippen molar-refractivity contribution >= 4 is 5.78 Å². The van der Waals surface area contributed by atoms with Gasteiger partial charge in [-0.2, -0.15) is 13.2 Å². The molecule has 1 aliphatic rings. The number of hydrogen-bond donors (Lipinski definition) is 1. The topological polar surface area (TPSA) is 43.1 Å². The van der Waals surface area contributed by atoms with Crippen molar-refractivity contribution in [2.75, 3.05) is 0 Å². The number of nitrogens with two attached hydrogens (primary N) is 1. The molecule has 98 valence electrons. The van der Waals surface area contributed by atoms with Crippen LogP contribution in [0.25, 0.3) is 0 Å². The first-order chi connectivity index (χ1) is 8.34. The molecule has 0 bridgehead atoms. The lowest BCUT2D eigenvalue weighted by molar-refractivity contribution is -0.138. The van der Waals surface area contributed by atoms with Crippen molar-refractivity contribution in [3.05, 3.63) is 35.4 Å². The largest absolute Gasteiger partial charge is 0.416 e. The Morgan fingerprint density at radius 1 is 1.22 bits per heavy atom. The summed E-state index contributed by atoms with van der Waals surface area (Å²) in [6.07, 6.45) is -2.14. The summed E-state index contributed by atoms with van der Waals surface area (Å²) in [6.45, 7) is 0. The summed E-state index contributed by atoms with van der Waals surface area (Å²) in [6, 6.07) is 4.77. The molecule has 1 saturated carbocycles. The molecule has 1 aromatic rings. The molecule has 2 N–H and O–H groups in total. The minimum absolute atomic E-state index is 0.173. The molecule has 0 aliphatic heterocycles. The monoisotopic (exact) mass is 257 g/mol. The van der Waals surface area contributed by atoms with Crippen LogP contribution in [0.5, 0.6) is 0 Å². The van der Waals surface area contributed by atoms with Crippen LogP contribution >= 0.6 is 0 Å². The molecular formula is C13H14F3NO. The molecule has 0 heterocycles. The van der Waals surface area contributed by atoms with E-state index in [-0.39, 0.29) is 11.3 Å². The number of ketones is 1. The van der Waals surface area contributed by atoms with E-state index in [1.807, 2.05) is 0 Å². The molecule has 0 radical (unpaired) electrons. The molecule has 2 rings (SSSR count). The Balaban J connectivity index is 2.41. The van der Waals surface area contributed by atoms with E-state index in [1.54, 1.807) is 0 Å². The molecule has 1 unspecified atom stereocenters. The molecule has 0 amide bonds. The zero-order valence-corrected chi connectivity index (χ0v) is 9.76. The number of halogens is 3. The summed E-state index contributed by atoms with van der Waals surface area (Å²) in [5, 5.41) is 0. The molecule has 1 aliphatic carbocycles. The summed E-state index contributed by atoms with van der Waals surface area (Å²) in [5.74, 6) is -0.173. The van der Waals surface area contributed by atoms with Crippen molar-refractivity contribution in [1.82, 2.24) is 0 Å². The highest BCUT2D eigenvalue weighted by Crippen LogP contribution is 2.35. The number of carbonyl (C=O) groups excluding carboxylic acids is 1. The summed E-state index contributed by atoms with van der Waals surface area (Å²) in [4.78, 5) is 11.9. The maximum Gasteiger partial charge on any atom is 0.416 e. The third kappa shape index (κ3) is 2.27. The molecular weight excluding hydrogens is 243 g/mol. The van der Waals surface area contributed by atoms with Gasteiger partial charge >= 0.3 is 6.18 Å². The lowest BCUT2D eigenvalue weighted by atomic mass is 9.76. The number of carbonyl (C=O) groups is 1. The van der Waals surface area contributed by atoms with Gasteiger partial charge in [-0.05, 0) is 30.5 Å². The summed E-state index contributed by atoms with van der Waals surface area (Å²) in [5.41, 5.74) is 4.27. The van der Waals surface area contributed by atoms with Crippen LogP contribution in [-0.4, -0.2) is 5.78 Å². The van der Waals surface area contributed by atoms with Crippen LogP contribution in [0.2, 0.25) is 0 Å². The summed E-state index contributed by atoms with van der Waals surface area (Å²) < 4.78 is 37.9. The third-order valence-corrected chi connectivity index (χ3v) is 3.43. The second kappa shape index (κ2) is 4.39. The highest BCUT2D eigenvalue weighted by atomic mass is 19.4. The van der Waals surface area contributed by atoms with E-state index >= 15 is 0 Å². The lowest BCUT2D eigenvalue weighted by Gasteiger charge is -2.32. The fraction of sp³-hybridized carbons (Fsp3) is 0.462. The maximum absolute atomic E-state index is 12.6. The predicted octanol–water partition coefficient (Wildman–Crippen LogP) is 3.00. The van der Waals surface area contributed by atoms with Crippen LogP contribution in [0.1, 0.15) is 36.8 Å². The van der Waals surface area contributed by atoms with Crippen molar-refractivity contribution in [2.45, 2.75) is 37.4 Å². The summed E-state index contributed by atoms with van der Waals surface area (Å²) in [7, 11) is 0. The average Bonchev–Trinajstić information content (AvgIpc) is 2.32. The van der Waals surface area contributed by atoms with Crippen LogP contribution in [0.15, 0.2) is 24.3 Å². The Morgan fingerprint density at radius 2 is 1.94 bits per heavy atom. The minimum atomic E-state index is -4.41. The number of rotatable bonds is 1.